The number of aryl methyl sites for hydroxylation is 2. The Morgan fingerprint density at radius 1 is 0.919 bits per heavy atom. The summed E-state index contributed by atoms with van der Waals surface area (Å²) in [6.07, 6.45) is 6.41. The predicted molar refractivity (Wildman–Crippen MR) is 143 cm³/mol. The van der Waals surface area contributed by atoms with Gasteiger partial charge in [-0.2, -0.15) is 0 Å². The van der Waals surface area contributed by atoms with Gasteiger partial charge in [0.05, 0.1) is 29.8 Å². The second-order valence-corrected chi connectivity index (χ2v) is 8.34. The quantitative estimate of drug-likeness (QED) is 0.276. The van der Waals surface area contributed by atoms with Crippen LogP contribution in [0.25, 0.3) is 5.70 Å². The molecule has 9 heteroatoms. The third kappa shape index (κ3) is 6.34. The monoisotopic (exact) mass is 494 g/mol. The van der Waals surface area contributed by atoms with Gasteiger partial charge in [-0.3, -0.25) is 9.59 Å². The van der Waals surface area contributed by atoms with Gasteiger partial charge in [-0.25, -0.2) is 9.97 Å². The number of hydrogen-bond acceptors (Lipinski definition) is 7. The third-order valence-corrected chi connectivity index (χ3v) is 5.56. The molecule has 37 heavy (non-hydrogen) atoms. The molecule has 0 spiro atoms. The van der Waals surface area contributed by atoms with E-state index < -0.39 is 0 Å². The van der Waals surface area contributed by atoms with E-state index in [-0.39, 0.29) is 11.8 Å². The lowest BCUT2D eigenvalue weighted by atomic mass is 10.1. The Bertz CT molecular complexity index is 1470. The summed E-state index contributed by atoms with van der Waals surface area (Å²) in [7, 11) is 0. The fraction of sp³-hybridized carbons (Fsp3) is 0.107. The number of carbonyl (C=O) groups is 2. The van der Waals surface area contributed by atoms with Gasteiger partial charge < -0.3 is 20.5 Å². The molecular formula is C28H26N6O3. The van der Waals surface area contributed by atoms with E-state index in [0.29, 0.717) is 46.3 Å². The molecule has 0 atom stereocenters. The van der Waals surface area contributed by atoms with Crippen molar-refractivity contribution in [1.29, 1.82) is 0 Å². The van der Waals surface area contributed by atoms with Crippen molar-refractivity contribution in [3.63, 3.8) is 0 Å². The van der Waals surface area contributed by atoms with Crippen LogP contribution in [0.4, 0.5) is 17.1 Å². The van der Waals surface area contributed by atoms with E-state index in [1.54, 1.807) is 37.6 Å². The highest BCUT2D eigenvalue weighted by Crippen LogP contribution is 2.23. The van der Waals surface area contributed by atoms with Gasteiger partial charge in [-0.05, 0) is 55.3 Å². The summed E-state index contributed by atoms with van der Waals surface area (Å²) >= 11 is 0. The molecule has 2 aromatic heterocycles. The summed E-state index contributed by atoms with van der Waals surface area (Å²) in [5, 5.41) is 12.5. The van der Waals surface area contributed by atoms with Crippen LogP contribution in [0.5, 0.6) is 0 Å². The molecule has 4 rings (SSSR count). The van der Waals surface area contributed by atoms with Crippen LogP contribution in [0, 0.1) is 13.8 Å². The van der Waals surface area contributed by atoms with Crippen LogP contribution in [0.1, 0.15) is 38.6 Å². The molecular weight excluding hydrogens is 468 g/mol. The van der Waals surface area contributed by atoms with Crippen molar-refractivity contribution in [3.8, 4) is 0 Å². The number of carbonyl (C=O) groups excluding carboxylic acids is 2. The molecule has 0 aliphatic heterocycles. The van der Waals surface area contributed by atoms with Crippen LogP contribution in [0.3, 0.4) is 0 Å². The van der Waals surface area contributed by atoms with Crippen molar-refractivity contribution in [2.24, 2.45) is 0 Å². The first-order valence-electron chi connectivity index (χ1n) is 11.4. The number of rotatable bonds is 9. The third-order valence-electron chi connectivity index (χ3n) is 5.56. The van der Waals surface area contributed by atoms with Gasteiger partial charge in [0.1, 0.15) is 11.6 Å². The molecule has 0 radical (unpaired) electrons. The normalized spacial score (nSPS) is 10.4. The molecule has 9 nitrogen and oxygen atoms in total. The predicted octanol–water partition coefficient (Wildman–Crippen LogP) is 5.13. The minimum Gasteiger partial charge on any atom is -0.361 e. The maximum Gasteiger partial charge on any atom is 0.256 e. The van der Waals surface area contributed by atoms with Crippen molar-refractivity contribution in [2.75, 3.05) is 16.0 Å². The van der Waals surface area contributed by atoms with Crippen molar-refractivity contribution >= 4 is 34.6 Å². The number of anilines is 3. The Balaban J connectivity index is 1.41. The molecule has 2 amide bonds. The van der Waals surface area contributed by atoms with Crippen LogP contribution >= 0.6 is 0 Å². The zero-order valence-electron chi connectivity index (χ0n) is 20.5. The van der Waals surface area contributed by atoms with Crippen molar-refractivity contribution in [1.82, 2.24) is 15.1 Å². The summed E-state index contributed by atoms with van der Waals surface area (Å²) in [4.78, 5) is 33.3. The lowest BCUT2D eigenvalue weighted by molar-refractivity contribution is -0.111. The molecule has 0 saturated carbocycles. The number of nitrogens with one attached hydrogen (secondary N) is 3. The highest BCUT2D eigenvalue weighted by atomic mass is 16.5. The Hall–Kier alpha value is -5.05. The molecule has 0 aliphatic rings. The fourth-order valence-corrected chi connectivity index (χ4v) is 3.62. The van der Waals surface area contributed by atoms with Crippen LogP contribution in [0.2, 0.25) is 0 Å². The largest absolute Gasteiger partial charge is 0.361 e. The van der Waals surface area contributed by atoms with E-state index in [2.05, 4.69) is 44.2 Å². The summed E-state index contributed by atoms with van der Waals surface area (Å²) in [6, 6.07) is 12.9. The maximum atomic E-state index is 13.0. The van der Waals surface area contributed by atoms with Crippen LogP contribution in [-0.2, 0) is 11.2 Å². The molecule has 3 N–H and O–H groups in total. The minimum atomic E-state index is -0.282. The van der Waals surface area contributed by atoms with Gasteiger partial charge in [-0.1, -0.05) is 36.5 Å². The highest BCUT2D eigenvalue weighted by Gasteiger charge is 2.13. The number of nitrogens with zero attached hydrogens (tertiary/aromatic N) is 3. The number of amides is 2. The Morgan fingerprint density at radius 2 is 1.68 bits per heavy atom. The first-order valence-corrected chi connectivity index (χ1v) is 11.4. The average Bonchev–Trinajstić information content (AvgIpc) is 3.32. The molecule has 4 aromatic rings. The van der Waals surface area contributed by atoms with Gasteiger partial charge in [-0.15, -0.1) is 0 Å². The SMILES string of the molecule is C=CC(=O)Nc1cccc(Cc2ncc(NC(=O)c3cc(NC(=C)c4cnoc4C)ccc3C)cn2)c1. The van der Waals surface area contributed by atoms with E-state index in [1.807, 2.05) is 37.3 Å². The van der Waals surface area contributed by atoms with Crippen LogP contribution in [-0.4, -0.2) is 26.9 Å². The molecule has 2 aromatic carbocycles. The van der Waals surface area contributed by atoms with Crippen LogP contribution < -0.4 is 16.0 Å². The fourth-order valence-electron chi connectivity index (χ4n) is 3.62. The zero-order valence-corrected chi connectivity index (χ0v) is 20.5. The maximum absolute atomic E-state index is 13.0. The van der Waals surface area contributed by atoms with E-state index in [9.17, 15) is 9.59 Å². The summed E-state index contributed by atoms with van der Waals surface area (Å²) < 4.78 is 5.09. The van der Waals surface area contributed by atoms with Crippen molar-refractivity contribution < 1.29 is 14.1 Å². The standard InChI is InChI=1S/C28H26N6O3/c1-5-27(35)33-21-8-6-7-20(11-21)12-26-29-14-23(15-30-26)34-28(36)24-13-22(10-9-17(24)2)32-18(3)25-16-31-37-19(25)4/h5-11,13-16,32H,1,3,12H2,2,4H3,(H,33,35)(H,34,36). The molecule has 0 unspecified atom stereocenters. The molecule has 0 fully saturated rings. The van der Waals surface area contributed by atoms with E-state index in [4.69, 9.17) is 4.52 Å². The lowest BCUT2D eigenvalue weighted by Gasteiger charge is -2.12. The summed E-state index contributed by atoms with van der Waals surface area (Å²) in [5.41, 5.74) is 5.48. The van der Waals surface area contributed by atoms with E-state index in [0.717, 1.165) is 16.7 Å². The van der Waals surface area contributed by atoms with Crippen LogP contribution in [0.15, 0.2) is 84.8 Å². The molecule has 2 heterocycles. The second-order valence-electron chi connectivity index (χ2n) is 8.34. The highest BCUT2D eigenvalue weighted by molar-refractivity contribution is 6.06. The van der Waals surface area contributed by atoms with Gasteiger partial charge >= 0.3 is 0 Å². The number of benzene rings is 2. The van der Waals surface area contributed by atoms with Gasteiger partial charge in [0, 0.05) is 29.1 Å². The topological polar surface area (TPSA) is 122 Å². The Labute approximate surface area is 214 Å². The Kier molecular flexibility index (Phi) is 7.53. The average molecular weight is 495 g/mol. The Morgan fingerprint density at radius 3 is 2.38 bits per heavy atom. The number of aromatic nitrogens is 3. The van der Waals surface area contributed by atoms with Gasteiger partial charge in [0.2, 0.25) is 5.91 Å². The molecule has 0 aliphatic carbocycles. The summed E-state index contributed by atoms with van der Waals surface area (Å²) in [6.45, 7) is 11.1. The van der Waals surface area contributed by atoms with Crippen molar-refractivity contribution in [2.45, 2.75) is 20.3 Å². The number of hydrogen-bond donors (Lipinski definition) is 3. The first kappa shape index (κ1) is 25.1. The summed E-state index contributed by atoms with van der Waals surface area (Å²) in [5.74, 6) is 0.670. The minimum absolute atomic E-state index is 0.277. The van der Waals surface area contributed by atoms with E-state index >= 15 is 0 Å². The second kappa shape index (κ2) is 11.1. The molecule has 186 valence electrons. The van der Waals surface area contributed by atoms with Gasteiger partial charge in [0.15, 0.2) is 0 Å². The van der Waals surface area contributed by atoms with E-state index in [1.165, 1.54) is 6.08 Å². The first-order chi connectivity index (χ1) is 17.8. The van der Waals surface area contributed by atoms with Gasteiger partial charge in [0.25, 0.3) is 5.91 Å². The smallest absolute Gasteiger partial charge is 0.256 e. The molecule has 0 bridgehead atoms. The van der Waals surface area contributed by atoms with Crippen molar-refractivity contribution in [3.05, 3.63) is 114 Å². The zero-order chi connectivity index (χ0) is 26.4. The lowest BCUT2D eigenvalue weighted by Crippen LogP contribution is -2.14. The molecule has 0 saturated heterocycles.